The topological polar surface area (TPSA) is 28.7 Å². The summed E-state index contributed by atoms with van der Waals surface area (Å²) in [6, 6.07) is 49.9. The molecular weight excluding hydrogens is 593 g/mol. The van der Waals surface area contributed by atoms with Crippen molar-refractivity contribution in [3.63, 3.8) is 0 Å². The number of para-hydroxylation sites is 3. The first-order chi connectivity index (χ1) is 24.0. The molecule has 0 radical (unpaired) electrons. The highest BCUT2D eigenvalue weighted by Crippen LogP contribution is 2.61. The van der Waals surface area contributed by atoms with Crippen LogP contribution in [0.5, 0.6) is 0 Å². The highest BCUT2D eigenvalue weighted by Gasteiger charge is 2.51. The molecule has 1 aromatic heterocycles. The van der Waals surface area contributed by atoms with E-state index in [-0.39, 0.29) is 5.41 Å². The number of allylic oxidation sites excluding steroid dienone is 4. The zero-order valence-corrected chi connectivity index (χ0v) is 27.5. The van der Waals surface area contributed by atoms with Gasteiger partial charge in [-0.3, -0.25) is 0 Å². The van der Waals surface area contributed by atoms with Crippen molar-refractivity contribution in [3.8, 4) is 22.9 Å². The number of hydrogen-bond acceptors (Lipinski definition) is 1. The Bertz CT molecular complexity index is 2760. The highest BCUT2D eigenvalue weighted by atomic mass is 15.0. The Kier molecular flexibility index (Phi) is 5.06. The average molecular weight is 625 g/mol. The summed E-state index contributed by atoms with van der Waals surface area (Å²) in [5, 5.41) is 12.3. The van der Waals surface area contributed by atoms with E-state index in [0.29, 0.717) is 0 Å². The largest absolute Gasteiger partial charge is 0.309 e. The molecule has 3 aliphatic carbocycles. The summed E-state index contributed by atoms with van der Waals surface area (Å²) in [5.41, 5.74) is 20.2. The van der Waals surface area contributed by atoms with E-state index in [9.17, 15) is 5.26 Å². The molecule has 6 aromatic carbocycles. The van der Waals surface area contributed by atoms with Crippen LogP contribution in [0.1, 0.15) is 71.2 Å². The number of rotatable bonds is 1. The summed E-state index contributed by atoms with van der Waals surface area (Å²) in [6.07, 6.45) is 4.48. The van der Waals surface area contributed by atoms with Gasteiger partial charge in [-0.25, -0.2) is 0 Å². The van der Waals surface area contributed by atoms with Gasteiger partial charge >= 0.3 is 0 Å². The van der Waals surface area contributed by atoms with Crippen LogP contribution < -0.4 is 0 Å². The normalized spacial score (nSPS) is 18.9. The molecule has 11 rings (SSSR count). The lowest BCUT2D eigenvalue weighted by Crippen LogP contribution is -2.33. The van der Waals surface area contributed by atoms with Gasteiger partial charge in [0.2, 0.25) is 0 Å². The minimum atomic E-state index is -0.446. The number of nitriles is 1. The highest BCUT2D eigenvalue weighted by molar-refractivity contribution is 6.12. The van der Waals surface area contributed by atoms with E-state index in [1.807, 2.05) is 6.07 Å². The molecule has 49 heavy (non-hydrogen) atoms. The first-order valence-corrected chi connectivity index (χ1v) is 17.4. The zero-order valence-electron chi connectivity index (χ0n) is 27.5. The van der Waals surface area contributed by atoms with E-state index in [0.717, 1.165) is 18.4 Å². The first kappa shape index (κ1) is 27.1. The van der Waals surface area contributed by atoms with E-state index in [1.165, 1.54) is 94.3 Å². The van der Waals surface area contributed by atoms with Crippen molar-refractivity contribution >= 4 is 33.0 Å². The van der Waals surface area contributed by atoms with Crippen LogP contribution in [0.2, 0.25) is 0 Å². The molecule has 1 unspecified atom stereocenters. The fraction of sp³-hybridized carbons (Fsp3) is 0.128. The van der Waals surface area contributed by atoms with E-state index < -0.39 is 5.41 Å². The molecule has 0 saturated carbocycles. The Hall–Kier alpha value is -5.91. The second-order valence-electron chi connectivity index (χ2n) is 14.7. The quantitative estimate of drug-likeness (QED) is 0.179. The van der Waals surface area contributed by atoms with Gasteiger partial charge in [-0.15, -0.1) is 0 Å². The summed E-state index contributed by atoms with van der Waals surface area (Å²) in [4.78, 5) is 0. The molecule has 2 heterocycles. The van der Waals surface area contributed by atoms with Crippen molar-refractivity contribution < 1.29 is 0 Å². The summed E-state index contributed by atoms with van der Waals surface area (Å²) in [6.45, 7) is 4.64. The van der Waals surface area contributed by atoms with Crippen LogP contribution in [-0.4, -0.2) is 4.57 Å². The van der Waals surface area contributed by atoms with Crippen LogP contribution in [0.25, 0.3) is 49.8 Å². The molecule has 0 amide bonds. The minimum absolute atomic E-state index is 0.150. The molecule has 7 aromatic rings. The third kappa shape index (κ3) is 3.17. The third-order valence-electron chi connectivity index (χ3n) is 12.2. The Morgan fingerprint density at radius 1 is 0.612 bits per heavy atom. The van der Waals surface area contributed by atoms with Crippen LogP contribution in [-0.2, 0) is 10.8 Å². The maximum absolute atomic E-state index is 9.66. The minimum Gasteiger partial charge on any atom is -0.309 e. The molecule has 0 saturated heterocycles. The fourth-order valence-electron chi connectivity index (χ4n) is 10.1. The number of fused-ring (bicyclic) bond motifs is 14. The lowest BCUT2D eigenvalue weighted by Gasteiger charge is -2.39. The molecule has 230 valence electrons. The predicted octanol–water partition coefficient (Wildman–Crippen LogP) is 11.3. The summed E-state index contributed by atoms with van der Waals surface area (Å²) >= 11 is 0. The second-order valence-corrected chi connectivity index (χ2v) is 14.7. The van der Waals surface area contributed by atoms with E-state index in [4.69, 9.17) is 0 Å². The standard InChI is InChI=1S/C47H32N2/c1-46(2)40-24-28(27-48)18-21-32(40)33-22-19-29(25-41(33)46)30-20-23-34-31-10-3-5-13-37(31)47(42(34)26-30)38-14-6-8-17-44(38)49-43-16-7-4-11-35(43)36-12-9-15-39(47)45(36)49/h3-18,20-21,23-26H,19,22H2,1-2H3. The SMILES string of the molecule is CC1(C)C2=C(CCC(c3ccc4c(c3)C3(c5ccccc5-4)c4ccccc4-n4c5ccccc5c5cccc3c54)=C2)c2ccc(C#N)cc21. The number of aromatic nitrogens is 1. The van der Waals surface area contributed by atoms with Crippen LogP contribution in [0.3, 0.4) is 0 Å². The first-order valence-electron chi connectivity index (χ1n) is 17.4. The molecule has 2 nitrogen and oxygen atoms in total. The Balaban J connectivity index is 1.19. The summed E-state index contributed by atoms with van der Waals surface area (Å²) < 4.78 is 2.51. The van der Waals surface area contributed by atoms with Crippen LogP contribution in [0.4, 0.5) is 0 Å². The number of nitrogens with zero attached hydrogens (tertiary/aromatic N) is 2. The Morgan fingerprint density at radius 2 is 1.35 bits per heavy atom. The smallest absolute Gasteiger partial charge is 0.0991 e. The lowest BCUT2D eigenvalue weighted by molar-refractivity contribution is 0.652. The molecule has 1 atom stereocenters. The van der Waals surface area contributed by atoms with E-state index in [1.54, 1.807) is 0 Å². The molecule has 0 bridgehead atoms. The van der Waals surface area contributed by atoms with Crippen molar-refractivity contribution in [2.45, 2.75) is 37.5 Å². The van der Waals surface area contributed by atoms with Gasteiger partial charge in [-0.2, -0.15) is 5.26 Å². The van der Waals surface area contributed by atoms with Crippen LogP contribution in [0, 0.1) is 11.3 Å². The summed E-state index contributed by atoms with van der Waals surface area (Å²) in [5.74, 6) is 0. The van der Waals surface area contributed by atoms with Gasteiger partial charge in [0.1, 0.15) is 0 Å². The van der Waals surface area contributed by atoms with Gasteiger partial charge in [0.15, 0.2) is 0 Å². The predicted molar refractivity (Wildman–Crippen MR) is 200 cm³/mol. The zero-order chi connectivity index (χ0) is 32.6. The van der Waals surface area contributed by atoms with Gasteiger partial charge in [0.05, 0.1) is 33.8 Å². The van der Waals surface area contributed by atoms with Gasteiger partial charge in [0, 0.05) is 16.2 Å². The monoisotopic (exact) mass is 624 g/mol. The molecule has 0 fully saturated rings. The van der Waals surface area contributed by atoms with Crippen molar-refractivity contribution in [1.29, 1.82) is 5.26 Å². The second kappa shape index (κ2) is 9.16. The van der Waals surface area contributed by atoms with Crippen molar-refractivity contribution in [1.82, 2.24) is 4.57 Å². The van der Waals surface area contributed by atoms with Crippen molar-refractivity contribution in [3.05, 3.63) is 184 Å². The molecule has 0 N–H and O–H groups in total. The maximum Gasteiger partial charge on any atom is 0.0991 e. The van der Waals surface area contributed by atoms with E-state index >= 15 is 0 Å². The van der Waals surface area contributed by atoms with Crippen molar-refractivity contribution in [2.75, 3.05) is 0 Å². The molecule has 2 heteroatoms. The van der Waals surface area contributed by atoms with Gasteiger partial charge in [-0.05, 0) is 110 Å². The van der Waals surface area contributed by atoms with Crippen LogP contribution in [0.15, 0.2) is 139 Å². The fourth-order valence-corrected chi connectivity index (χ4v) is 10.1. The molecule has 4 aliphatic rings. The third-order valence-corrected chi connectivity index (χ3v) is 12.2. The Morgan fingerprint density at radius 3 is 2.24 bits per heavy atom. The van der Waals surface area contributed by atoms with Crippen LogP contribution >= 0.6 is 0 Å². The molecular formula is C47H32N2. The molecule has 1 aliphatic heterocycles. The number of benzene rings is 6. The molecule has 1 spiro atoms. The number of hydrogen-bond donors (Lipinski definition) is 0. The van der Waals surface area contributed by atoms with E-state index in [2.05, 4.69) is 152 Å². The van der Waals surface area contributed by atoms with Gasteiger partial charge < -0.3 is 4.57 Å². The van der Waals surface area contributed by atoms with Gasteiger partial charge in [-0.1, -0.05) is 117 Å². The van der Waals surface area contributed by atoms with Crippen molar-refractivity contribution in [2.24, 2.45) is 0 Å². The van der Waals surface area contributed by atoms with Gasteiger partial charge in [0.25, 0.3) is 0 Å². The maximum atomic E-state index is 9.66. The Labute approximate surface area is 285 Å². The average Bonchev–Trinajstić information content (AvgIpc) is 3.72. The summed E-state index contributed by atoms with van der Waals surface area (Å²) in [7, 11) is 0. The lowest BCUT2D eigenvalue weighted by atomic mass is 9.65.